The molecule has 5 aromatic rings. The van der Waals surface area contributed by atoms with Crippen molar-refractivity contribution in [3.8, 4) is 22.5 Å². The maximum absolute atomic E-state index is 12.8. The summed E-state index contributed by atoms with van der Waals surface area (Å²) < 4.78 is 0. The average Bonchev–Trinajstić information content (AvgIpc) is 3.35. The van der Waals surface area contributed by atoms with Gasteiger partial charge in [-0.05, 0) is 59.2 Å². The van der Waals surface area contributed by atoms with Crippen LogP contribution in [0.3, 0.4) is 0 Å². The Bertz CT molecular complexity index is 1550. The molecular weight excluding hydrogens is 476 g/mol. The van der Waals surface area contributed by atoms with Crippen LogP contribution in [-0.4, -0.2) is 27.0 Å². The van der Waals surface area contributed by atoms with Gasteiger partial charge >= 0.3 is 0 Å². The first-order chi connectivity index (χ1) is 17.5. The van der Waals surface area contributed by atoms with Gasteiger partial charge in [0.2, 0.25) is 0 Å². The monoisotopic (exact) mass is 496 g/mol. The highest BCUT2D eigenvalue weighted by Gasteiger charge is 2.20. The van der Waals surface area contributed by atoms with Crippen molar-refractivity contribution < 1.29 is 14.8 Å². The highest BCUT2D eigenvalue weighted by atomic mass is 35.5. The minimum Gasteiger partial charge on any atom is -0.348 e. The van der Waals surface area contributed by atoms with E-state index in [2.05, 4.69) is 15.3 Å². The molecule has 7 nitrogen and oxygen atoms in total. The van der Waals surface area contributed by atoms with Gasteiger partial charge in [0.1, 0.15) is 5.82 Å². The lowest BCUT2D eigenvalue weighted by Crippen LogP contribution is -2.24. The molecule has 0 aliphatic heterocycles. The number of benzene rings is 4. The van der Waals surface area contributed by atoms with Crippen molar-refractivity contribution in [2.24, 2.45) is 0 Å². The molecule has 0 spiro atoms. The van der Waals surface area contributed by atoms with Crippen LogP contribution in [0.1, 0.15) is 26.3 Å². The highest BCUT2D eigenvalue weighted by Crippen LogP contribution is 2.36. The summed E-state index contributed by atoms with van der Waals surface area (Å²) in [4.78, 5) is 33.5. The van der Waals surface area contributed by atoms with Gasteiger partial charge in [0.25, 0.3) is 11.8 Å². The van der Waals surface area contributed by atoms with E-state index < -0.39 is 5.91 Å². The Morgan fingerprint density at radius 3 is 2.36 bits per heavy atom. The van der Waals surface area contributed by atoms with E-state index >= 15 is 0 Å². The van der Waals surface area contributed by atoms with Gasteiger partial charge in [0.15, 0.2) is 0 Å². The summed E-state index contributed by atoms with van der Waals surface area (Å²) in [7, 11) is 0. The summed E-state index contributed by atoms with van der Waals surface area (Å²) >= 11 is 6.34. The SMILES string of the molecule is O=C(NCc1ccccc1)c1ccc(-c2cc(Cl)ccc2-c2nc3ccccc3[nH]2)c(C(=O)NO)c1. The maximum Gasteiger partial charge on any atom is 0.275 e. The van der Waals surface area contributed by atoms with Crippen LogP contribution < -0.4 is 10.8 Å². The number of aromatic amines is 1. The molecule has 0 aliphatic rings. The van der Waals surface area contributed by atoms with Crippen molar-refractivity contribution in [3.05, 3.63) is 113 Å². The van der Waals surface area contributed by atoms with Crippen LogP contribution in [0, 0.1) is 0 Å². The van der Waals surface area contributed by atoms with Gasteiger partial charge in [-0.1, -0.05) is 60.1 Å². The number of para-hydroxylation sites is 2. The van der Waals surface area contributed by atoms with Crippen molar-refractivity contribution in [2.45, 2.75) is 6.54 Å². The Hall–Kier alpha value is -4.46. The minimum atomic E-state index is -0.752. The van der Waals surface area contributed by atoms with Gasteiger partial charge in [0.05, 0.1) is 16.6 Å². The number of carbonyl (C=O) groups excluding carboxylic acids is 2. The third kappa shape index (κ3) is 4.70. The normalized spacial score (nSPS) is 10.8. The first kappa shape index (κ1) is 23.3. The molecule has 1 aromatic heterocycles. The molecule has 4 N–H and O–H groups in total. The van der Waals surface area contributed by atoms with Gasteiger partial charge < -0.3 is 10.3 Å². The number of H-pyrrole nitrogens is 1. The first-order valence-corrected chi connectivity index (χ1v) is 11.6. The Kier molecular flexibility index (Phi) is 6.49. The number of carbonyl (C=O) groups is 2. The summed E-state index contributed by atoms with van der Waals surface area (Å²) in [6.07, 6.45) is 0. The molecule has 0 aliphatic carbocycles. The molecule has 0 bridgehead atoms. The highest BCUT2D eigenvalue weighted by molar-refractivity contribution is 6.31. The summed E-state index contributed by atoms with van der Waals surface area (Å²) in [5.74, 6) is -0.498. The number of hydroxylamine groups is 1. The molecule has 0 saturated carbocycles. The number of nitrogens with zero attached hydrogens (tertiary/aromatic N) is 1. The molecule has 178 valence electrons. The van der Waals surface area contributed by atoms with Crippen molar-refractivity contribution in [1.82, 2.24) is 20.8 Å². The lowest BCUT2D eigenvalue weighted by molar-refractivity contribution is 0.0707. The fourth-order valence-corrected chi connectivity index (χ4v) is 4.25. The summed E-state index contributed by atoms with van der Waals surface area (Å²) in [6.45, 7) is 0.341. The van der Waals surface area contributed by atoms with Crippen LogP contribution in [0.2, 0.25) is 5.02 Å². The summed E-state index contributed by atoms with van der Waals surface area (Å²) in [6, 6.07) is 27.2. The fraction of sp³-hybridized carbons (Fsp3) is 0.0357. The second-order valence-corrected chi connectivity index (χ2v) is 8.60. The van der Waals surface area contributed by atoms with Crippen LogP contribution in [0.5, 0.6) is 0 Å². The van der Waals surface area contributed by atoms with Crippen molar-refractivity contribution >= 4 is 34.4 Å². The summed E-state index contributed by atoms with van der Waals surface area (Å²) in [5, 5.41) is 12.7. The zero-order chi connectivity index (χ0) is 25.1. The standard InChI is InChI=1S/C28H21ClN4O3/c29-19-11-13-21(26-31-24-8-4-5-9-25(24)32-26)22(15-19)20-12-10-18(14-23(20)28(35)33-36)27(34)30-16-17-6-2-1-3-7-17/h1-15,36H,16H2,(H,30,34)(H,31,32)(H,33,35). The van der Waals surface area contributed by atoms with Crippen LogP contribution in [-0.2, 0) is 6.54 Å². The van der Waals surface area contributed by atoms with Gasteiger partial charge in [-0.25, -0.2) is 10.5 Å². The molecule has 2 amide bonds. The fourth-order valence-electron chi connectivity index (χ4n) is 4.07. The molecule has 8 heteroatoms. The average molecular weight is 497 g/mol. The molecule has 1 heterocycles. The zero-order valence-electron chi connectivity index (χ0n) is 19.0. The van der Waals surface area contributed by atoms with Crippen molar-refractivity contribution in [2.75, 3.05) is 0 Å². The predicted octanol–water partition coefficient (Wildman–Crippen LogP) is 5.60. The lowest BCUT2D eigenvalue weighted by Gasteiger charge is -2.14. The Morgan fingerprint density at radius 2 is 1.58 bits per heavy atom. The molecule has 0 unspecified atom stereocenters. The third-order valence-corrected chi connectivity index (χ3v) is 6.08. The summed E-state index contributed by atoms with van der Waals surface area (Å²) in [5.41, 5.74) is 6.51. The molecule has 0 saturated heterocycles. The van der Waals surface area contributed by atoms with Crippen LogP contribution in [0.4, 0.5) is 0 Å². The number of halogens is 1. The van der Waals surface area contributed by atoms with E-state index in [1.807, 2.05) is 60.7 Å². The molecular formula is C28H21ClN4O3. The largest absolute Gasteiger partial charge is 0.348 e. The van der Waals surface area contributed by atoms with E-state index in [9.17, 15) is 14.8 Å². The number of aromatic nitrogens is 2. The Labute approximate surface area is 211 Å². The Morgan fingerprint density at radius 1 is 0.833 bits per heavy atom. The van der Waals surface area contributed by atoms with Gasteiger partial charge in [0, 0.05) is 22.7 Å². The molecule has 5 rings (SSSR count). The number of fused-ring (bicyclic) bond motifs is 1. The molecule has 36 heavy (non-hydrogen) atoms. The van der Waals surface area contributed by atoms with E-state index in [1.165, 1.54) is 6.07 Å². The molecule has 4 aromatic carbocycles. The molecule has 0 fully saturated rings. The number of nitrogens with one attached hydrogen (secondary N) is 3. The van der Waals surface area contributed by atoms with Gasteiger partial charge in [-0.15, -0.1) is 0 Å². The van der Waals surface area contributed by atoms with E-state index in [0.29, 0.717) is 34.1 Å². The Balaban J connectivity index is 1.56. The predicted molar refractivity (Wildman–Crippen MR) is 139 cm³/mol. The maximum atomic E-state index is 12.8. The van der Waals surface area contributed by atoms with Crippen molar-refractivity contribution in [1.29, 1.82) is 0 Å². The van der Waals surface area contributed by atoms with Crippen LogP contribution in [0.25, 0.3) is 33.5 Å². The third-order valence-electron chi connectivity index (χ3n) is 5.84. The first-order valence-electron chi connectivity index (χ1n) is 11.2. The number of imidazole rings is 1. The minimum absolute atomic E-state index is 0.115. The zero-order valence-corrected chi connectivity index (χ0v) is 19.7. The van der Waals surface area contributed by atoms with Crippen LogP contribution in [0.15, 0.2) is 91.0 Å². The number of rotatable bonds is 6. The van der Waals surface area contributed by atoms with E-state index in [4.69, 9.17) is 11.6 Å². The second-order valence-electron chi connectivity index (χ2n) is 8.16. The quantitative estimate of drug-likeness (QED) is 0.181. The smallest absolute Gasteiger partial charge is 0.275 e. The topological polar surface area (TPSA) is 107 Å². The second kappa shape index (κ2) is 10.0. The molecule has 0 radical (unpaired) electrons. The van der Waals surface area contributed by atoms with Gasteiger partial charge in [-0.2, -0.15) is 0 Å². The molecule has 0 atom stereocenters. The number of hydrogen-bond donors (Lipinski definition) is 4. The lowest BCUT2D eigenvalue weighted by atomic mass is 9.93. The van der Waals surface area contributed by atoms with E-state index in [1.54, 1.807) is 29.7 Å². The van der Waals surface area contributed by atoms with Crippen LogP contribution >= 0.6 is 11.6 Å². The van der Waals surface area contributed by atoms with E-state index in [-0.39, 0.29) is 17.0 Å². The van der Waals surface area contributed by atoms with Gasteiger partial charge in [-0.3, -0.25) is 14.8 Å². The van der Waals surface area contributed by atoms with Crippen molar-refractivity contribution in [3.63, 3.8) is 0 Å². The number of hydrogen-bond acceptors (Lipinski definition) is 4. The van der Waals surface area contributed by atoms with E-state index in [0.717, 1.165) is 16.6 Å². The number of amides is 2.